The van der Waals surface area contributed by atoms with Gasteiger partial charge in [0.05, 0.1) is 23.8 Å². The van der Waals surface area contributed by atoms with Crippen LogP contribution in [-0.4, -0.2) is 24.2 Å². The molecule has 0 saturated heterocycles. The number of hydrogen-bond donors (Lipinski definition) is 1. The molecule has 1 unspecified atom stereocenters. The fourth-order valence-corrected chi connectivity index (χ4v) is 3.44. The lowest BCUT2D eigenvalue weighted by atomic mass is 10.0. The minimum absolute atomic E-state index is 0.400. The van der Waals surface area contributed by atoms with Gasteiger partial charge in [-0.1, -0.05) is 43.3 Å². The Morgan fingerprint density at radius 1 is 0.966 bits per heavy atom. The number of benzene rings is 3. The smallest absolute Gasteiger partial charge is 0.306 e. The Balaban J connectivity index is 1.42. The lowest BCUT2D eigenvalue weighted by molar-refractivity contribution is -0.141. The lowest BCUT2D eigenvalue weighted by Gasteiger charge is -2.32. The van der Waals surface area contributed by atoms with Crippen molar-refractivity contribution in [2.24, 2.45) is 5.92 Å². The van der Waals surface area contributed by atoms with Crippen LogP contribution >= 0.6 is 0 Å². The first-order valence-corrected chi connectivity index (χ1v) is 9.70. The van der Waals surface area contributed by atoms with E-state index in [1.165, 1.54) is 0 Å². The number of rotatable bonds is 7. The second kappa shape index (κ2) is 8.27. The summed E-state index contributed by atoms with van der Waals surface area (Å²) in [4.78, 5) is 13.2. The molecule has 1 aliphatic heterocycles. The number of anilines is 2. The van der Waals surface area contributed by atoms with E-state index in [2.05, 4.69) is 4.90 Å². The SMILES string of the molecule is CC(Cc1ccc(OCCN2c3ccccc3Oc3ccccc32)cc1)C(=O)O. The van der Waals surface area contributed by atoms with E-state index >= 15 is 0 Å². The Labute approximate surface area is 170 Å². The molecule has 4 rings (SSSR count). The van der Waals surface area contributed by atoms with Gasteiger partial charge in [-0.2, -0.15) is 0 Å². The van der Waals surface area contributed by atoms with Crippen LogP contribution in [-0.2, 0) is 11.2 Å². The Morgan fingerprint density at radius 3 is 2.14 bits per heavy atom. The average molecular weight is 389 g/mol. The van der Waals surface area contributed by atoms with E-state index in [0.29, 0.717) is 19.6 Å². The predicted octanol–water partition coefficient (Wildman–Crippen LogP) is 5.27. The molecule has 0 amide bonds. The third kappa shape index (κ3) is 4.19. The maximum Gasteiger partial charge on any atom is 0.306 e. The predicted molar refractivity (Wildman–Crippen MR) is 112 cm³/mol. The molecule has 0 fully saturated rings. The first-order chi connectivity index (χ1) is 14.1. The number of carbonyl (C=O) groups is 1. The van der Waals surface area contributed by atoms with Crippen LogP contribution in [0.4, 0.5) is 11.4 Å². The third-order valence-corrected chi connectivity index (χ3v) is 5.00. The van der Waals surface area contributed by atoms with E-state index in [0.717, 1.165) is 34.2 Å². The van der Waals surface area contributed by atoms with Crippen LogP contribution in [0, 0.1) is 5.92 Å². The molecule has 1 aliphatic rings. The first-order valence-electron chi connectivity index (χ1n) is 9.70. The molecule has 3 aromatic carbocycles. The zero-order valence-corrected chi connectivity index (χ0v) is 16.2. The van der Waals surface area contributed by atoms with Gasteiger partial charge in [-0.3, -0.25) is 4.79 Å². The summed E-state index contributed by atoms with van der Waals surface area (Å²) in [5, 5.41) is 9.04. The average Bonchev–Trinajstić information content (AvgIpc) is 2.74. The molecule has 0 spiro atoms. The van der Waals surface area contributed by atoms with Gasteiger partial charge in [-0.25, -0.2) is 0 Å². The van der Waals surface area contributed by atoms with Crippen molar-refractivity contribution in [2.45, 2.75) is 13.3 Å². The molecule has 5 nitrogen and oxygen atoms in total. The van der Waals surface area contributed by atoms with Gasteiger partial charge in [0.15, 0.2) is 11.5 Å². The highest BCUT2D eigenvalue weighted by Gasteiger charge is 2.23. The third-order valence-electron chi connectivity index (χ3n) is 5.00. The zero-order valence-electron chi connectivity index (χ0n) is 16.2. The summed E-state index contributed by atoms with van der Waals surface area (Å²) < 4.78 is 12.0. The fourth-order valence-electron chi connectivity index (χ4n) is 3.44. The fraction of sp³-hybridized carbons (Fsp3) is 0.208. The highest BCUT2D eigenvalue weighted by molar-refractivity contribution is 5.77. The van der Waals surface area contributed by atoms with Crippen molar-refractivity contribution >= 4 is 17.3 Å². The number of nitrogens with zero attached hydrogens (tertiary/aromatic N) is 1. The Kier molecular flexibility index (Phi) is 5.38. The van der Waals surface area contributed by atoms with Crippen molar-refractivity contribution in [3.8, 4) is 17.2 Å². The maximum absolute atomic E-state index is 11.0. The van der Waals surface area contributed by atoms with Crippen LogP contribution in [0.15, 0.2) is 72.8 Å². The Morgan fingerprint density at radius 2 is 1.55 bits per heavy atom. The summed E-state index contributed by atoms with van der Waals surface area (Å²) in [5.41, 5.74) is 3.03. The summed E-state index contributed by atoms with van der Waals surface area (Å²) in [6, 6.07) is 23.6. The van der Waals surface area contributed by atoms with Crippen molar-refractivity contribution in [2.75, 3.05) is 18.1 Å². The van der Waals surface area contributed by atoms with Gasteiger partial charge in [-0.15, -0.1) is 0 Å². The monoisotopic (exact) mass is 389 g/mol. The number of fused-ring (bicyclic) bond motifs is 2. The summed E-state index contributed by atoms with van der Waals surface area (Å²) in [6.45, 7) is 2.90. The molecule has 148 valence electrons. The van der Waals surface area contributed by atoms with Crippen LogP contribution in [0.5, 0.6) is 17.2 Å². The molecule has 0 saturated carbocycles. The van der Waals surface area contributed by atoms with Gasteiger partial charge < -0.3 is 19.5 Å². The molecule has 0 aromatic heterocycles. The summed E-state index contributed by atoms with van der Waals surface area (Å²) in [5.74, 6) is 1.26. The largest absolute Gasteiger partial charge is 0.492 e. The molecule has 5 heteroatoms. The van der Waals surface area contributed by atoms with Gasteiger partial charge in [-0.05, 0) is 48.4 Å². The number of aliphatic carboxylic acids is 1. The Bertz CT molecular complexity index is 954. The zero-order chi connectivity index (χ0) is 20.2. The van der Waals surface area contributed by atoms with Crippen molar-refractivity contribution < 1.29 is 19.4 Å². The first kappa shape index (κ1) is 18.9. The molecule has 29 heavy (non-hydrogen) atoms. The number of carboxylic acids is 1. The standard InChI is InChI=1S/C24H23NO4/c1-17(24(26)27)16-18-10-12-19(13-11-18)28-15-14-25-20-6-2-4-8-22(20)29-23-9-5-3-7-21(23)25/h2-13,17H,14-16H2,1H3,(H,26,27). The van der Waals surface area contributed by atoms with Crippen LogP contribution in [0.3, 0.4) is 0 Å². The van der Waals surface area contributed by atoms with Gasteiger partial charge >= 0.3 is 5.97 Å². The van der Waals surface area contributed by atoms with E-state index in [1.807, 2.05) is 72.8 Å². The van der Waals surface area contributed by atoms with E-state index in [9.17, 15) is 4.79 Å². The van der Waals surface area contributed by atoms with E-state index < -0.39 is 11.9 Å². The molecule has 0 radical (unpaired) electrons. The number of hydrogen-bond acceptors (Lipinski definition) is 4. The van der Waals surface area contributed by atoms with Crippen LogP contribution < -0.4 is 14.4 Å². The van der Waals surface area contributed by atoms with Crippen molar-refractivity contribution in [3.63, 3.8) is 0 Å². The molecular formula is C24H23NO4. The van der Waals surface area contributed by atoms with Crippen LogP contribution in [0.25, 0.3) is 0 Å². The van der Waals surface area contributed by atoms with Crippen molar-refractivity contribution in [1.29, 1.82) is 0 Å². The van der Waals surface area contributed by atoms with E-state index in [4.69, 9.17) is 14.6 Å². The molecule has 0 aliphatic carbocycles. The molecule has 0 bridgehead atoms. The second-order valence-corrected chi connectivity index (χ2v) is 7.12. The molecular weight excluding hydrogens is 366 g/mol. The minimum Gasteiger partial charge on any atom is -0.492 e. The minimum atomic E-state index is -0.781. The number of carboxylic acid groups (broad SMARTS) is 1. The highest BCUT2D eigenvalue weighted by Crippen LogP contribution is 2.45. The lowest BCUT2D eigenvalue weighted by Crippen LogP contribution is -2.26. The van der Waals surface area contributed by atoms with Gasteiger partial charge in [0.2, 0.25) is 0 Å². The molecule has 1 N–H and O–H groups in total. The second-order valence-electron chi connectivity index (χ2n) is 7.12. The molecule has 1 heterocycles. The van der Waals surface area contributed by atoms with Gasteiger partial charge in [0.1, 0.15) is 12.4 Å². The quantitative estimate of drug-likeness (QED) is 0.596. The van der Waals surface area contributed by atoms with Crippen molar-refractivity contribution in [3.05, 3.63) is 78.4 Å². The van der Waals surface area contributed by atoms with Gasteiger partial charge in [0.25, 0.3) is 0 Å². The number of para-hydroxylation sites is 4. The topological polar surface area (TPSA) is 59.0 Å². The maximum atomic E-state index is 11.0. The highest BCUT2D eigenvalue weighted by atomic mass is 16.5. The summed E-state index contributed by atoms with van der Waals surface area (Å²) in [6.07, 6.45) is 0.511. The normalized spacial score (nSPS) is 13.1. The van der Waals surface area contributed by atoms with E-state index in [1.54, 1.807) is 6.92 Å². The summed E-state index contributed by atoms with van der Waals surface area (Å²) in [7, 11) is 0. The molecule has 3 aromatic rings. The summed E-state index contributed by atoms with van der Waals surface area (Å²) >= 11 is 0. The Hall–Kier alpha value is -3.47. The van der Waals surface area contributed by atoms with Crippen molar-refractivity contribution in [1.82, 2.24) is 0 Å². The number of ether oxygens (including phenoxy) is 2. The van der Waals surface area contributed by atoms with Crippen LogP contribution in [0.1, 0.15) is 12.5 Å². The van der Waals surface area contributed by atoms with Crippen LogP contribution in [0.2, 0.25) is 0 Å². The van der Waals surface area contributed by atoms with Gasteiger partial charge in [0, 0.05) is 0 Å². The van der Waals surface area contributed by atoms with E-state index in [-0.39, 0.29) is 0 Å². The molecule has 1 atom stereocenters.